The van der Waals surface area contributed by atoms with Crippen LogP contribution in [0.15, 0.2) is 37.1 Å². The van der Waals surface area contributed by atoms with Crippen molar-refractivity contribution >= 4 is 28.5 Å². The second-order valence-corrected chi connectivity index (χ2v) is 6.78. The molecule has 1 N–H and O–H groups in total. The molecule has 0 aliphatic carbocycles. The van der Waals surface area contributed by atoms with Crippen molar-refractivity contribution in [3.8, 4) is 10.4 Å². The molecule has 0 aliphatic heterocycles. The predicted octanol–water partition coefficient (Wildman–Crippen LogP) is 3.46. The highest BCUT2D eigenvalue weighted by molar-refractivity contribution is 7.19. The van der Waals surface area contributed by atoms with Gasteiger partial charge in [0.25, 0.3) is 0 Å². The van der Waals surface area contributed by atoms with Crippen molar-refractivity contribution in [1.29, 1.82) is 0 Å². The summed E-state index contributed by atoms with van der Waals surface area (Å²) in [7, 11) is 0. The van der Waals surface area contributed by atoms with E-state index in [9.17, 15) is 9.59 Å². The zero-order chi connectivity index (χ0) is 19.4. The third-order valence-electron chi connectivity index (χ3n) is 3.88. The van der Waals surface area contributed by atoms with E-state index in [1.807, 2.05) is 19.1 Å². The van der Waals surface area contributed by atoms with E-state index in [1.165, 1.54) is 28.4 Å². The number of aromatic nitrogens is 4. The van der Waals surface area contributed by atoms with Gasteiger partial charge in [-0.25, -0.2) is 14.8 Å². The molecule has 0 aliphatic rings. The molecule has 0 saturated carbocycles. The SMILES string of the molecule is CCOC(=O)C(C)c1cc(-c2sc(NC(=O)n3ccnc3)nc2C)ccn1. The van der Waals surface area contributed by atoms with Gasteiger partial charge in [0.05, 0.1) is 28.8 Å². The van der Waals surface area contributed by atoms with Gasteiger partial charge in [-0.15, -0.1) is 0 Å². The Hall–Kier alpha value is -3.07. The minimum atomic E-state index is -0.460. The predicted molar refractivity (Wildman–Crippen MR) is 102 cm³/mol. The summed E-state index contributed by atoms with van der Waals surface area (Å²) in [4.78, 5) is 37.6. The van der Waals surface area contributed by atoms with Gasteiger partial charge in [0, 0.05) is 18.6 Å². The van der Waals surface area contributed by atoms with E-state index in [1.54, 1.807) is 26.2 Å². The lowest BCUT2D eigenvalue weighted by atomic mass is 10.0. The number of rotatable bonds is 5. The molecule has 140 valence electrons. The highest BCUT2D eigenvalue weighted by atomic mass is 32.1. The van der Waals surface area contributed by atoms with Crippen molar-refractivity contribution in [3.63, 3.8) is 0 Å². The minimum absolute atomic E-state index is 0.309. The molecule has 1 atom stereocenters. The maximum absolute atomic E-state index is 12.1. The number of anilines is 1. The van der Waals surface area contributed by atoms with Crippen LogP contribution >= 0.6 is 11.3 Å². The third kappa shape index (κ3) is 4.20. The molecule has 3 aromatic rings. The van der Waals surface area contributed by atoms with Gasteiger partial charge in [-0.05, 0) is 38.5 Å². The number of carbonyl (C=O) groups is 2. The fourth-order valence-corrected chi connectivity index (χ4v) is 3.42. The van der Waals surface area contributed by atoms with Gasteiger partial charge in [0.2, 0.25) is 0 Å². The van der Waals surface area contributed by atoms with Gasteiger partial charge >= 0.3 is 12.0 Å². The third-order valence-corrected chi connectivity index (χ3v) is 5.00. The van der Waals surface area contributed by atoms with Gasteiger partial charge in [-0.1, -0.05) is 11.3 Å². The second kappa shape index (κ2) is 8.09. The zero-order valence-electron chi connectivity index (χ0n) is 15.2. The Kier molecular flexibility index (Phi) is 5.60. The zero-order valence-corrected chi connectivity index (χ0v) is 16.0. The number of amides is 1. The summed E-state index contributed by atoms with van der Waals surface area (Å²) in [6, 6.07) is 3.37. The van der Waals surface area contributed by atoms with Crippen LogP contribution in [0.3, 0.4) is 0 Å². The van der Waals surface area contributed by atoms with E-state index in [2.05, 4.69) is 20.3 Å². The largest absolute Gasteiger partial charge is 0.465 e. The number of imidazole rings is 1. The first-order valence-electron chi connectivity index (χ1n) is 8.39. The molecule has 0 saturated heterocycles. The maximum atomic E-state index is 12.1. The van der Waals surface area contributed by atoms with Crippen LogP contribution in [-0.2, 0) is 9.53 Å². The molecular weight excluding hydrogens is 366 g/mol. The summed E-state index contributed by atoms with van der Waals surface area (Å²) in [6.45, 7) is 5.74. The van der Waals surface area contributed by atoms with Crippen molar-refractivity contribution in [2.75, 3.05) is 11.9 Å². The summed E-state index contributed by atoms with van der Waals surface area (Å²) in [6.07, 6.45) is 6.16. The molecule has 0 bridgehead atoms. The average molecular weight is 385 g/mol. The summed E-state index contributed by atoms with van der Waals surface area (Å²) >= 11 is 1.36. The molecular formula is C18H19N5O3S. The molecule has 3 heterocycles. The van der Waals surface area contributed by atoms with E-state index in [0.717, 1.165) is 16.1 Å². The average Bonchev–Trinajstić information content (AvgIpc) is 3.31. The maximum Gasteiger partial charge on any atom is 0.333 e. The molecule has 0 fully saturated rings. The Labute approximate surface area is 160 Å². The fourth-order valence-electron chi connectivity index (χ4n) is 2.47. The van der Waals surface area contributed by atoms with Crippen LogP contribution in [0.2, 0.25) is 0 Å². The van der Waals surface area contributed by atoms with Crippen LogP contribution in [0, 0.1) is 6.92 Å². The first kappa shape index (κ1) is 18.7. The topological polar surface area (TPSA) is 99.0 Å². The minimum Gasteiger partial charge on any atom is -0.465 e. The lowest BCUT2D eigenvalue weighted by Gasteiger charge is -2.10. The van der Waals surface area contributed by atoms with E-state index in [0.29, 0.717) is 17.4 Å². The fraction of sp³-hybridized carbons (Fsp3) is 0.278. The number of esters is 1. The van der Waals surface area contributed by atoms with Gasteiger partial charge in [0.15, 0.2) is 5.13 Å². The Morgan fingerprint density at radius 1 is 1.37 bits per heavy atom. The van der Waals surface area contributed by atoms with Gasteiger partial charge in [-0.3, -0.25) is 19.7 Å². The molecule has 1 amide bonds. The lowest BCUT2D eigenvalue weighted by molar-refractivity contribution is -0.144. The Morgan fingerprint density at radius 2 is 2.19 bits per heavy atom. The molecule has 0 spiro atoms. The summed E-state index contributed by atoms with van der Waals surface area (Å²) in [5, 5.41) is 3.23. The lowest BCUT2D eigenvalue weighted by Crippen LogP contribution is -2.17. The van der Waals surface area contributed by atoms with Crippen LogP contribution in [0.4, 0.5) is 9.93 Å². The van der Waals surface area contributed by atoms with E-state index < -0.39 is 5.92 Å². The molecule has 8 nitrogen and oxygen atoms in total. The van der Waals surface area contributed by atoms with Gasteiger partial charge in [-0.2, -0.15) is 0 Å². The molecule has 0 aromatic carbocycles. The van der Waals surface area contributed by atoms with E-state index in [-0.39, 0.29) is 12.0 Å². The quantitative estimate of drug-likeness (QED) is 0.675. The van der Waals surface area contributed by atoms with Crippen LogP contribution in [0.25, 0.3) is 10.4 Å². The smallest absolute Gasteiger partial charge is 0.333 e. The molecule has 27 heavy (non-hydrogen) atoms. The van der Waals surface area contributed by atoms with Gasteiger partial charge < -0.3 is 4.74 Å². The number of ether oxygens (including phenoxy) is 1. The number of aryl methyl sites for hydroxylation is 1. The number of pyridine rings is 1. The number of hydrogen-bond donors (Lipinski definition) is 1. The van der Waals surface area contributed by atoms with Gasteiger partial charge in [0.1, 0.15) is 6.33 Å². The van der Waals surface area contributed by atoms with E-state index >= 15 is 0 Å². The van der Waals surface area contributed by atoms with Crippen molar-refractivity contribution in [2.24, 2.45) is 0 Å². The highest BCUT2D eigenvalue weighted by Crippen LogP contribution is 2.33. The Balaban J connectivity index is 1.82. The number of carbonyl (C=O) groups excluding carboxylic acids is 2. The summed E-state index contributed by atoms with van der Waals surface area (Å²) < 4.78 is 6.40. The van der Waals surface area contributed by atoms with Crippen molar-refractivity contribution < 1.29 is 14.3 Å². The first-order chi connectivity index (χ1) is 13.0. The van der Waals surface area contributed by atoms with Crippen LogP contribution in [0.5, 0.6) is 0 Å². The molecule has 3 rings (SSSR count). The van der Waals surface area contributed by atoms with Crippen LogP contribution in [-0.4, -0.2) is 38.1 Å². The van der Waals surface area contributed by atoms with Crippen LogP contribution < -0.4 is 5.32 Å². The van der Waals surface area contributed by atoms with Crippen molar-refractivity contribution in [3.05, 3.63) is 48.4 Å². The second-order valence-electron chi connectivity index (χ2n) is 5.78. The molecule has 0 radical (unpaired) electrons. The normalized spacial score (nSPS) is 11.8. The first-order valence-corrected chi connectivity index (χ1v) is 9.21. The highest BCUT2D eigenvalue weighted by Gasteiger charge is 2.19. The van der Waals surface area contributed by atoms with Crippen molar-refractivity contribution in [1.82, 2.24) is 19.5 Å². The molecule has 1 unspecified atom stereocenters. The molecule has 3 aromatic heterocycles. The number of thiazole rings is 1. The summed E-state index contributed by atoms with van der Waals surface area (Å²) in [5.74, 6) is -0.769. The standard InChI is InChI=1S/C18H19N5O3S/c1-4-26-16(24)11(2)14-9-13(5-6-20-14)15-12(3)21-17(27-15)22-18(25)23-8-7-19-10-23/h5-11H,4H2,1-3H3,(H,21,22,25). The van der Waals surface area contributed by atoms with Crippen molar-refractivity contribution in [2.45, 2.75) is 26.7 Å². The monoisotopic (exact) mass is 385 g/mol. The van der Waals surface area contributed by atoms with Crippen LogP contribution in [0.1, 0.15) is 31.2 Å². The van der Waals surface area contributed by atoms with E-state index in [4.69, 9.17) is 4.74 Å². The number of hydrogen-bond acceptors (Lipinski definition) is 7. The number of nitrogens with zero attached hydrogens (tertiary/aromatic N) is 4. The Morgan fingerprint density at radius 3 is 2.89 bits per heavy atom. The molecule has 9 heteroatoms. The summed E-state index contributed by atoms with van der Waals surface area (Å²) in [5.41, 5.74) is 2.29. The Bertz CT molecular complexity index is 952. The number of nitrogens with one attached hydrogen (secondary N) is 1.